The Balaban J connectivity index is 2.35. The van der Waals surface area contributed by atoms with E-state index >= 15 is 0 Å². The maximum absolute atomic E-state index is 11.5. The number of thiophene rings is 1. The Kier molecular flexibility index (Phi) is 3.39. The number of halogens is 1. The summed E-state index contributed by atoms with van der Waals surface area (Å²) in [7, 11) is 0. The lowest BCUT2D eigenvalue weighted by molar-refractivity contribution is 0.0687. The summed E-state index contributed by atoms with van der Waals surface area (Å²) in [6.45, 7) is 0.274. The molecule has 2 heterocycles. The fourth-order valence-electron chi connectivity index (χ4n) is 1.26. The summed E-state index contributed by atoms with van der Waals surface area (Å²) in [6.07, 6.45) is 0. The minimum Gasteiger partial charge on any atom is -0.476 e. The van der Waals surface area contributed by atoms with Crippen molar-refractivity contribution in [2.75, 3.05) is 0 Å². The molecule has 2 rings (SSSR count). The first-order valence-corrected chi connectivity index (χ1v) is 6.28. The van der Waals surface area contributed by atoms with Crippen molar-refractivity contribution in [3.63, 3.8) is 0 Å². The van der Waals surface area contributed by atoms with Gasteiger partial charge in [0.05, 0.1) is 6.54 Å². The molecule has 5 nitrogen and oxygen atoms in total. The molecule has 0 aliphatic rings. The van der Waals surface area contributed by atoms with Crippen molar-refractivity contribution in [1.29, 1.82) is 0 Å². The van der Waals surface area contributed by atoms with E-state index < -0.39 is 5.97 Å². The molecule has 88 valence electrons. The molecule has 0 fully saturated rings. The summed E-state index contributed by atoms with van der Waals surface area (Å²) in [5.41, 5.74) is -0.459. The van der Waals surface area contributed by atoms with Gasteiger partial charge in [-0.2, -0.15) is 5.10 Å². The maximum Gasteiger partial charge on any atom is 0.356 e. The van der Waals surface area contributed by atoms with Gasteiger partial charge in [-0.15, -0.1) is 11.3 Å². The lowest BCUT2D eigenvalue weighted by Gasteiger charge is -2.02. The van der Waals surface area contributed by atoms with Crippen LogP contribution in [-0.2, 0) is 6.54 Å². The number of rotatable bonds is 3. The second kappa shape index (κ2) is 4.80. The van der Waals surface area contributed by atoms with E-state index in [0.29, 0.717) is 0 Å². The van der Waals surface area contributed by atoms with Gasteiger partial charge in [0.1, 0.15) is 0 Å². The summed E-state index contributed by atoms with van der Waals surface area (Å²) in [5.74, 6) is -1.15. The molecule has 0 saturated heterocycles. The van der Waals surface area contributed by atoms with Gasteiger partial charge in [-0.1, -0.05) is 0 Å². The zero-order valence-electron chi connectivity index (χ0n) is 8.46. The van der Waals surface area contributed by atoms with E-state index in [1.807, 2.05) is 11.4 Å². The number of nitrogens with zero attached hydrogens (tertiary/aromatic N) is 2. The topological polar surface area (TPSA) is 72.2 Å². The van der Waals surface area contributed by atoms with Crippen molar-refractivity contribution in [2.24, 2.45) is 0 Å². The molecule has 0 amide bonds. The van der Waals surface area contributed by atoms with E-state index in [4.69, 9.17) is 5.11 Å². The zero-order chi connectivity index (χ0) is 12.4. The first-order chi connectivity index (χ1) is 8.06. The molecule has 0 bridgehead atoms. The SMILES string of the molecule is O=C(O)c1ccc(=O)n(Cc2cc(Br)cs2)n1. The Hall–Kier alpha value is -1.47. The van der Waals surface area contributed by atoms with Gasteiger partial charge in [0.15, 0.2) is 5.69 Å². The average Bonchev–Trinajstić information content (AvgIpc) is 2.67. The van der Waals surface area contributed by atoms with Crippen LogP contribution in [0.2, 0.25) is 0 Å². The molecule has 2 aromatic rings. The van der Waals surface area contributed by atoms with Gasteiger partial charge in [0, 0.05) is 20.8 Å². The number of carboxylic acids is 1. The average molecular weight is 315 g/mol. The number of carboxylic acid groups (broad SMARTS) is 1. The van der Waals surface area contributed by atoms with Crippen molar-refractivity contribution in [1.82, 2.24) is 9.78 Å². The number of hydrogen-bond donors (Lipinski definition) is 1. The van der Waals surface area contributed by atoms with Crippen molar-refractivity contribution in [3.05, 3.63) is 49.0 Å². The Morgan fingerprint density at radius 3 is 2.88 bits per heavy atom. The molecular weight excluding hydrogens is 308 g/mol. The normalized spacial score (nSPS) is 10.4. The van der Waals surface area contributed by atoms with Crippen molar-refractivity contribution in [3.8, 4) is 0 Å². The van der Waals surface area contributed by atoms with Crippen LogP contribution in [0.5, 0.6) is 0 Å². The number of hydrogen-bond acceptors (Lipinski definition) is 4. The fourth-order valence-corrected chi connectivity index (χ4v) is 2.69. The maximum atomic E-state index is 11.5. The van der Waals surface area contributed by atoms with E-state index in [2.05, 4.69) is 21.0 Å². The summed E-state index contributed by atoms with van der Waals surface area (Å²) < 4.78 is 2.07. The molecule has 0 aliphatic carbocycles. The highest BCUT2D eigenvalue weighted by Crippen LogP contribution is 2.19. The van der Waals surface area contributed by atoms with E-state index in [0.717, 1.165) is 14.0 Å². The Labute approximate surface area is 108 Å². The van der Waals surface area contributed by atoms with Gasteiger partial charge in [0.25, 0.3) is 5.56 Å². The van der Waals surface area contributed by atoms with Gasteiger partial charge in [-0.3, -0.25) is 4.79 Å². The van der Waals surface area contributed by atoms with Crippen molar-refractivity contribution < 1.29 is 9.90 Å². The standard InChI is InChI=1S/C10H7BrN2O3S/c11-6-3-7(17-5-6)4-13-9(14)2-1-8(12-13)10(15)16/h1-3,5H,4H2,(H,15,16). The number of carbonyl (C=O) groups is 1. The highest BCUT2D eigenvalue weighted by molar-refractivity contribution is 9.10. The first-order valence-electron chi connectivity index (χ1n) is 4.60. The lowest BCUT2D eigenvalue weighted by Crippen LogP contribution is -2.24. The van der Waals surface area contributed by atoms with Crippen LogP contribution in [0, 0.1) is 0 Å². The molecule has 2 aromatic heterocycles. The minimum absolute atomic E-state index is 0.139. The van der Waals surface area contributed by atoms with Crippen molar-refractivity contribution >= 4 is 33.2 Å². The van der Waals surface area contributed by atoms with Crippen LogP contribution in [0.25, 0.3) is 0 Å². The van der Waals surface area contributed by atoms with Crippen LogP contribution in [0.15, 0.2) is 32.8 Å². The lowest BCUT2D eigenvalue weighted by atomic mass is 10.4. The zero-order valence-corrected chi connectivity index (χ0v) is 10.9. The summed E-state index contributed by atoms with van der Waals surface area (Å²) in [4.78, 5) is 23.2. The molecule has 0 spiro atoms. The molecule has 1 N–H and O–H groups in total. The number of aromatic nitrogens is 2. The van der Waals surface area contributed by atoms with Crippen LogP contribution in [-0.4, -0.2) is 20.9 Å². The quantitative estimate of drug-likeness (QED) is 0.938. The molecule has 0 unspecified atom stereocenters. The molecular formula is C10H7BrN2O3S. The van der Waals surface area contributed by atoms with Crippen LogP contribution in [0.1, 0.15) is 15.4 Å². The molecule has 0 aromatic carbocycles. The molecule has 0 atom stereocenters. The molecule has 7 heteroatoms. The van der Waals surface area contributed by atoms with Crippen LogP contribution < -0.4 is 5.56 Å². The van der Waals surface area contributed by atoms with Crippen LogP contribution in [0.4, 0.5) is 0 Å². The van der Waals surface area contributed by atoms with E-state index in [9.17, 15) is 9.59 Å². The second-order valence-corrected chi connectivity index (χ2v) is 5.16. The number of aromatic carboxylic acids is 1. The fraction of sp³-hybridized carbons (Fsp3) is 0.100. The highest BCUT2D eigenvalue weighted by atomic mass is 79.9. The Morgan fingerprint density at radius 2 is 2.29 bits per heavy atom. The summed E-state index contributed by atoms with van der Waals surface area (Å²) in [5, 5.41) is 14.5. The third-order valence-electron chi connectivity index (χ3n) is 2.01. The van der Waals surface area contributed by atoms with Crippen molar-refractivity contribution in [2.45, 2.75) is 6.54 Å². The van der Waals surface area contributed by atoms with Gasteiger partial charge >= 0.3 is 5.97 Å². The highest BCUT2D eigenvalue weighted by Gasteiger charge is 2.08. The van der Waals surface area contributed by atoms with Gasteiger partial charge in [-0.25, -0.2) is 9.48 Å². The van der Waals surface area contributed by atoms with E-state index in [1.54, 1.807) is 0 Å². The predicted octanol–water partition coefficient (Wildman–Crippen LogP) is 1.81. The first kappa shape index (κ1) is 12.0. The molecule has 0 aliphatic heterocycles. The van der Waals surface area contributed by atoms with E-state index in [-0.39, 0.29) is 17.8 Å². The van der Waals surface area contributed by atoms with Gasteiger partial charge in [0.2, 0.25) is 0 Å². The minimum atomic E-state index is -1.15. The third-order valence-corrected chi connectivity index (χ3v) is 3.70. The van der Waals surface area contributed by atoms with Crippen LogP contribution >= 0.6 is 27.3 Å². The monoisotopic (exact) mass is 314 g/mol. The van der Waals surface area contributed by atoms with Crippen LogP contribution in [0.3, 0.4) is 0 Å². The Morgan fingerprint density at radius 1 is 1.53 bits per heavy atom. The summed E-state index contributed by atoms with van der Waals surface area (Å²) in [6, 6.07) is 4.27. The van der Waals surface area contributed by atoms with Gasteiger partial charge < -0.3 is 5.11 Å². The van der Waals surface area contributed by atoms with E-state index in [1.165, 1.54) is 23.5 Å². The smallest absolute Gasteiger partial charge is 0.356 e. The Bertz CT molecular complexity index is 620. The third kappa shape index (κ3) is 2.80. The molecule has 0 radical (unpaired) electrons. The summed E-state index contributed by atoms with van der Waals surface area (Å²) >= 11 is 4.78. The molecule has 0 saturated carbocycles. The largest absolute Gasteiger partial charge is 0.476 e. The van der Waals surface area contributed by atoms with Gasteiger partial charge in [-0.05, 0) is 28.1 Å². The predicted molar refractivity (Wildman–Crippen MR) is 66.6 cm³/mol. The second-order valence-electron chi connectivity index (χ2n) is 3.25. The molecule has 17 heavy (non-hydrogen) atoms.